The maximum Gasteiger partial charge on any atom is 0.238 e. The highest BCUT2D eigenvalue weighted by Gasteiger charge is 2.31. The number of likely N-dealkylation sites (tertiary alicyclic amines) is 1. The van der Waals surface area contributed by atoms with Crippen LogP contribution < -0.4 is 5.32 Å². The number of hydrogen-bond donors (Lipinski definition) is 2. The van der Waals surface area contributed by atoms with Crippen LogP contribution in [0.2, 0.25) is 15.1 Å². The van der Waals surface area contributed by atoms with Gasteiger partial charge in [0.05, 0.1) is 28.9 Å². The van der Waals surface area contributed by atoms with Gasteiger partial charge in [0.25, 0.3) is 0 Å². The third kappa shape index (κ3) is 4.02. The Morgan fingerprint density at radius 1 is 1.38 bits per heavy atom. The highest BCUT2D eigenvalue weighted by atomic mass is 35.5. The second kappa shape index (κ2) is 7.16. The average molecular weight is 352 g/mol. The fraction of sp³-hybridized carbons (Fsp3) is 0.500. The third-order valence-corrected chi connectivity index (χ3v) is 4.62. The Morgan fingerprint density at radius 2 is 2.00 bits per heavy atom. The zero-order valence-corrected chi connectivity index (χ0v) is 13.8. The number of anilines is 1. The molecule has 1 aromatic carbocycles. The molecule has 0 radical (unpaired) electrons. The first-order valence-corrected chi connectivity index (χ1v) is 7.85. The molecule has 1 fully saturated rings. The van der Waals surface area contributed by atoms with E-state index in [-0.39, 0.29) is 25.1 Å². The number of rotatable bonds is 4. The van der Waals surface area contributed by atoms with E-state index in [2.05, 4.69) is 12.2 Å². The van der Waals surface area contributed by atoms with Crippen molar-refractivity contribution in [2.24, 2.45) is 5.92 Å². The SMILES string of the molecule is CC1CCN(CC(=O)Nc2c(Cl)cc(Cl)cc2Cl)C1CO. The summed E-state index contributed by atoms with van der Waals surface area (Å²) < 4.78 is 0. The predicted molar refractivity (Wildman–Crippen MR) is 86.3 cm³/mol. The van der Waals surface area contributed by atoms with Crippen LogP contribution in [0.5, 0.6) is 0 Å². The number of carbonyl (C=O) groups is 1. The minimum atomic E-state index is -0.214. The van der Waals surface area contributed by atoms with Gasteiger partial charge in [-0.05, 0) is 31.0 Å². The van der Waals surface area contributed by atoms with Gasteiger partial charge >= 0.3 is 0 Å². The van der Waals surface area contributed by atoms with E-state index in [0.29, 0.717) is 26.7 Å². The number of aliphatic hydroxyl groups is 1. The van der Waals surface area contributed by atoms with Gasteiger partial charge in [0.2, 0.25) is 5.91 Å². The van der Waals surface area contributed by atoms with Gasteiger partial charge in [0.15, 0.2) is 0 Å². The number of carbonyl (C=O) groups excluding carboxylic acids is 1. The average Bonchev–Trinajstić information content (AvgIpc) is 2.74. The summed E-state index contributed by atoms with van der Waals surface area (Å²) in [7, 11) is 0. The summed E-state index contributed by atoms with van der Waals surface area (Å²) >= 11 is 17.9. The summed E-state index contributed by atoms with van der Waals surface area (Å²) in [5.41, 5.74) is 0.362. The van der Waals surface area contributed by atoms with Crippen LogP contribution in [0.15, 0.2) is 12.1 Å². The number of aliphatic hydroxyl groups excluding tert-OH is 1. The third-order valence-electron chi connectivity index (χ3n) is 3.80. The highest BCUT2D eigenvalue weighted by Crippen LogP contribution is 2.33. The molecular weight excluding hydrogens is 335 g/mol. The molecule has 0 aromatic heterocycles. The maximum absolute atomic E-state index is 12.1. The molecule has 0 saturated carbocycles. The van der Waals surface area contributed by atoms with E-state index in [1.165, 1.54) is 12.1 Å². The van der Waals surface area contributed by atoms with E-state index in [4.69, 9.17) is 34.8 Å². The fourth-order valence-electron chi connectivity index (χ4n) is 2.60. The molecule has 116 valence electrons. The zero-order chi connectivity index (χ0) is 15.6. The quantitative estimate of drug-likeness (QED) is 0.875. The highest BCUT2D eigenvalue weighted by molar-refractivity contribution is 6.42. The number of benzene rings is 1. The normalized spacial score (nSPS) is 22.5. The van der Waals surface area contributed by atoms with E-state index < -0.39 is 0 Å². The lowest BCUT2D eigenvalue weighted by molar-refractivity contribution is -0.117. The number of nitrogens with zero attached hydrogens (tertiary/aromatic N) is 1. The van der Waals surface area contributed by atoms with Crippen LogP contribution in [-0.2, 0) is 4.79 Å². The molecule has 4 nitrogen and oxygen atoms in total. The number of nitrogens with one attached hydrogen (secondary N) is 1. The molecule has 2 N–H and O–H groups in total. The summed E-state index contributed by atoms with van der Waals surface area (Å²) in [6.07, 6.45) is 0.973. The Balaban J connectivity index is 2.03. The predicted octanol–water partition coefficient (Wildman–Crippen LogP) is 3.29. The minimum Gasteiger partial charge on any atom is -0.395 e. The second-order valence-electron chi connectivity index (χ2n) is 5.28. The Bertz CT molecular complexity index is 516. The molecule has 0 bridgehead atoms. The Kier molecular flexibility index (Phi) is 5.74. The van der Waals surface area contributed by atoms with Crippen molar-refractivity contribution < 1.29 is 9.90 Å². The fourth-order valence-corrected chi connectivity index (χ4v) is 3.52. The van der Waals surface area contributed by atoms with Gasteiger partial charge in [0, 0.05) is 11.1 Å². The topological polar surface area (TPSA) is 52.6 Å². The first kappa shape index (κ1) is 16.8. The molecule has 1 saturated heterocycles. The zero-order valence-electron chi connectivity index (χ0n) is 11.6. The van der Waals surface area contributed by atoms with Gasteiger partial charge in [-0.2, -0.15) is 0 Å². The van der Waals surface area contributed by atoms with Crippen LogP contribution in [0, 0.1) is 5.92 Å². The molecule has 7 heteroatoms. The van der Waals surface area contributed by atoms with E-state index in [9.17, 15) is 9.90 Å². The van der Waals surface area contributed by atoms with Crippen molar-refractivity contribution in [3.63, 3.8) is 0 Å². The van der Waals surface area contributed by atoms with Crippen LogP contribution in [0.3, 0.4) is 0 Å². The van der Waals surface area contributed by atoms with Gasteiger partial charge < -0.3 is 10.4 Å². The molecule has 2 rings (SSSR count). The van der Waals surface area contributed by atoms with Crippen molar-refractivity contribution in [2.45, 2.75) is 19.4 Å². The van der Waals surface area contributed by atoms with Crippen molar-refractivity contribution in [1.82, 2.24) is 4.90 Å². The summed E-state index contributed by atoms with van der Waals surface area (Å²) in [4.78, 5) is 14.1. The van der Waals surface area contributed by atoms with E-state index in [1.807, 2.05) is 4.90 Å². The summed E-state index contributed by atoms with van der Waals surface area (Å²) in [5.74, 6) is 0.166. The van der Waals surface area contributed by atoms with Gasteiger partial charge in [-0.3, -0.25) is 9.69 Å². The van der Waals surface area contributed by atoms with E-state index in [1.54, 1.807) is 0 Å². The van der Waals surface area contributed by atoms with E-state index in [0.717, 1.165) is 13.0 Å². The lowest BCUT2D eigenvalue weighted by Gasteiger charge is -2.24. The lowest BCUT2D eigenvalue weighted by atomic mass is 10.0. The van der Waals surface area contributed by atoms with Gasteiger partial charge in [0.1, 0.15) is 0 Å². The van der Waals surface area contributed by atoms with Gasteiger partial charge in [-0.25, -0.2) is 0 Å². The van der Waals surface area contributed by atoms with Gasteiger partial charge in [-0.15, -0.1) is 0 Å². The number of halogens is 3. The lowest BCUT2D eigenvalue weighted by Crippen LogP contribution is -2.40. The monoisotopic (exact) mass is 350 g/mol. The Labute approximate surface area is 139 Å². The molecule has 1 aliphatic heterocycles. The first-order valence-electron chi connectivity index (χ1n) is 6.71. The summed E-state index contributed by atoms with van der Waals surface area (Å²) in [6, 6.07) is 3.07. The molecular formula is C14H17Cl3N2O2. The van der Waals surface area contributed by atoms with Crippen LogP contribution in [0.1, 0.15) is 13.3 Å². The van der Waals surface area contributed by atoms with Crippen molar-refractivity contribution in [3.8, 4) is 0 Å². The maximum atomic E-state index is 12.1. The van der Waals surface area contributed by atoms with Crippen LogP contribution in [-0.4, -0.2) is 41.7 Å². The van der Waals surface area contributed by atoms with Crippen LogP contribution in [0.4, 0.5) is 5.69 Å². The van der Waals surface area contributed by atoms with Crippen molar-refractivity contribution in [2.75, 3.05) is 25.0 Å². The number of hydrogen-bond acceptors (Lipinski definition) is 3. The Morgan fingerprint density at radius 3 is 2.57 bits per heavy atom. The van der Waals surface area contributed by atoms with E-state index >= 15 is 0 Å². The van der Waals surface area contributed by atoms with Crippen molar-refractivity contribution >= 4 is 46.4 Å². The molecule has 21 heavy (non-hydrogen) atoms. The van der Waals surface area contributed by atoms with Crippen molar-refractivity contribution in [3.05, 3.63) is 27.2 Å². The van der Waals surface area contributed by atoms with Gasteiger partial charge in [-0.1, -0.05) is 41.7 Å². The number of amides is 1. The second-order valence-corrected chi connectivity index (χ2v) is 6.53. The molecule has 0 spiro atoms. The molecule has 1 amide bonds. The summed E-state index contributed by atoms with van der Waals surface area (Å²) in [5, 5.41) is 13.1. The van der Waals surface area contributed by atoms with Crippen molar-refractivity contribution in [1.29, 1.82) is 0 Å². The largest absolute Gasteiger partial charge is 0.395 e. The molecule has 2 unspecified atom stereocenters. The standard InChI is InChI=1S/C14H17Cl3N2O2/c1-8-2-3-19(12(8)7-20)6-13(21)18-14-10(16)4-9(15)5-11(14)17/h4-5,8,12,20H,2-3,6-7H2,1H3,(H,18,21). The molecule has 1 heterocycles. The molecule has 2 atom stereocenters. The molecule has 1 aliphatic rings. The molecule has 0 aliphatic carbocycles. The first-order chi connectivity index (χ1) is 9.92. The molecule has 1 aromatic rings. The van der Waals surface area contributed by atoms with Crippen LogP contribution >= 0.6 is 34.8 Å². The minimum absolute atomic E-state index is 0.0203. The Hall–Kier alpha value is -0.520. The van der Waals surface area contributed by atoms with Crippen LogP contribution in [0.25, 0.3) is 0 Å². The smallest absolute Gasteiger partial charge is 0.238 e. The summed E-state index contributed by atoms with van der Waals surface area (Å²) in [6.45, 7) is 3.12.